The summed E-state index contributed by atoms with van der Waals surface area (Å²) in [4.78, 5) is 11.8. The molecule has 1 amide bonds. The highest BCUT2D eigenvalue weighted by Gasteiger charge is 2.12. The highest BCUT2D eigenvalue weighted by Crippen LogP contribution is 2.34. The molecule has 0 bridgehead atoms. The maximum Gasteiger partial charge on any atom is 0.226 e. The van der Waals surface area contributed by atoms with Crippen LogP contribution in [0.1, 0.15) is 37.5 Å². The second kappa shape index (κ2) is 11.6. The topological polar surface area (TPSA) is 59.6 Å². The van der Waals surface area contributed by atoms with Gasteiger partial charge in [0.05, 0.1) is 6.61 Å². The zero-order valence-corrected chi connectivity index (χ0v) is 20.3. The van der Waals surface area contributed by atoms with E-state index in [2.05, 4.69) is 29.7 Å². The number of halogens is 1. The molecule has 0 aromatic heterocycles. The minimum absolute atomic E-state index is 0.00403. The van der Waals surface area contributed by atoms with Crippen LogP contribution in [0.2, 0.25) is 5.02 Å². The average Bonchev–Trinajstić information content (AvgIpc) is 2.79. The zero-order valence-electron chi connectivity index (χ0n) is 19.6. The maximum absolute atomic E-state index is 11.8. The standard InChI is InChI=1S/C27H31ClN2O3/c1-5-32-25-14-21(16-29-22-9-11-23(12-10-22)30-27(31)18(2)3)24(28)15-26(25)33-17-20-8-6-7-19(4)13-20/h6-15,18,29H,5,16-17H2,1-4H3,(H,30,31). The van der Waals surface area contributed by atoms with Crippen LogP contribution in [0.4, 0.5) is 11.4 Å². The molecule has 0 aliphatic rings. The van der Waals surface area contributed by atoms with Crippen LogP contribution in [-0.2, 0) is 17.9 Å². The van der Waals surface area contributed by atoms with Crippen LogP contribution < -0.4 is 20.1 Å². The van der Waals surface area contributed by atoms with Crippen molar-refractivity contribution in [3.05, 3.63) is 82.4 Å². The summed E-state index contributed by atoms with van der Waals surface area (Å²) in [5, 5.41) is 6.85. The first kappa shape index (κ1) is 24.5. The van der Waals surface area contributed by atoms with Crippen molar-refractivity contribution in [1.82, 2.24) is 0 Å². The Morgan fingerprint density at radius 2 is 1.67 bits per heavy atom. The highest BCUT2D eigenvalue weighted by atomic mass is 35.5. The van der Waals surface area contributed by atoms with Gasteiger partial charge in [0.25, 0.3) is 0 Å². The summed E-state index contributed by atoms with van der Waals surface area (Å²) in [7, 11) is 0. The summed E-state index contributed by atoms with van der Waals surface area (Å²) in [6.07, 6.45) is 0. The van der Waals surface area contributed by atoms with Gasteiger partial charge in [0, 0.05) is 34.9 Å². The predicted molar refractivity (Wildman–Crippen MR) is 135 cm³/mol. The number of anilines is 2. The third-order valence-electron chi connectivity index (χ3n) is 5.05. The SMILES string of the molecule is CCOc1cc(CNc2ccc(NC(=O)C(C)C)cc2)c(Cl)cc1OCc1cccc(C)c1. The third-order valence-corrected chi connectivity index (χ3v) is 5.40. The smallest absolute Gasteiger partial charge is 0.226 e. The van der Waals surface area contributed by atoms with Gasteiger partial charge in [-0.15, -0.1) is 0 Å². The highest BCUT2D eigenvalue weighted by molar-refractivity contribution is 6.31. The lowest BCUT2D eigenvalue weighted by molar-refractivity contribution is -0.118. The molecular weight excluding hydrogens is 436 g/mol. The molecule has 3 aromatic carbocycles. The molecule has 0 aliphatic carbocycles. The number of aryl methyl sites for hydroxylation is 1. The molecule has 0 saturated heterocycles. The zero-order chi connectivity index (χ0) is 23.8. The van der Waals surface area contributed by atoms with Crippen molar-refractivity contribution in [3.8, 4) is 11.5 Å². The van der Waals surface area contributed by atoms with Crippen LogP contribution in [0.15, 0.2) is 60.7 Å². The molecule has 2 N–H and O–H groups in total. The summed E-state index contributed by atoms with van der Waals surface area (Å²) >= 11 is 6.56. The first-order chi connectivity index (χ1) is 15.9. The molecule has 3 aromatic rings. The number of rotatable bonds is 10. The second-order valence-corrected chi connectivity index (χ2v) is 8.58. The molecule has 0 radical (unpaired) electrons. The van der Waals surface area contributed by atoms with Crippen molar-refractivity contribution in [2.24, 2.45) is 5.92 Å². The number of hydrogen-bond donors (Lipinski definition) is 2. The summed E-state index contributed by atoms with van der Waals surface area (Å²) in [6.45, 7) is 9.22. The number of ether oxygens (including phenoxy) is 2. The van der Waals surface area contributed by atoms with E-state index in [0.717, 1.165) is 22.5 Å². The molecule has 3 rings (SSSR count). The molecule has 0 saturated carbocycles. The Morgan fingerprint density at radius 3 is 2.33 bits per heavy atom. The van der Waals surface area contributed by atoms with Crippen molar-refractivity contribution in [2.75, 3.05) is 17.2 Å². The van der Waals surface area contributed by atoms with Crippen LogP contribution in [0.5, 0.6) is 11.5 Å². The Hall–Kier alpha value is -3.18. The van der Waals surface area contributed by atoms with Gasteiger partial charge < -0.3 is 20.1 Å². The fourth-order valence-corrected chi connectivity index (χ4v) is 3.43. The summed E-state index contributed by atoms with van der Waals surface area (Å²) in [5.74, 6) is 1.22. The Kier molecular flexibility index (Phi) is 8.61. The largest absolute Gasteiger partial charge is 0.490 e. The van der Waals surface area contributed by atoms with Crippen molar-refractivity contribution >= 4 is 28.9 Å². The van der Waals surface area contributed by atoms with E-state index in [4.69, 9.17) is 21.1 Å². The first-order valence-corrected chi connectivity index (χ1v) is 11.5. The molecule has 0 fully saturated rings. The summed E-state index contributed by atoms with van der Waals surface area (Å²) in [5.41, 5.74) is 4.88. The Balaban J connectivity index is 1.66. The van der Waals surface area contributed by atoms with E-state index in [1.807, 2.05) is 69.3 Å². The van der Waals surface area contributed by atoms with E-state index in [0.29, 0.717) is 36.3 Å². The molecule has 5 nitrogen and oxygen atoms in total. The molecule has 0 heterocycles. The number of hydrogen-bond acceptors (Lipinski definition) is 4. The van der Waals surface area contributed by atoms with E-state index in [1.54, 1.807) is 0 Å². The molecule has 0 aliphatic heterocycles. The lowest BCUT2D eigenvalue weighted by Crippen LogP contribution is -2.17. The van der Waals surface area contributed by atoms with Gasteiger partial charge in [-0.05, 0) is 55.3 Å². The fraction of sp³-hybridized carbons (Fsp3) is 0.296. The molecule has 174 valence electrons. The Morgan fingerprint density at radius 1 is 0.970 bits per heavy atom. The Labute approximate surface area is 201 Å². The monoisotopic (exact) mass is 466 g/mol. The van der Waals surface area contributed by atoms with E-state index < -0.39 is 0 Å². The van der Waals surface area contributed by atoms with E-state index in [1.165, 1.54) is 5.56 Å². The summed E-state index contributed by atoms with van der Waals surface area (Å²) < 4.78 is 11.8. The van der Waals surface area contributed by atoms with E-state index in [9.17, 15) is 4.79 Å². The lowest BCUT2D eigenvalue weighted by Gasteiger charge is -2.16. The first-order valence-electron chi connectivity index (χ1n) is 11.1. The fourth-order valence-electron chi connectivity index (χ4n) is 3.21. The second-order valence-electron chi connectivity index (χ2n) is 8.18. The van der Waals surface area contributed by atoms with Gasteiger partial charge in [0.15, 0.2) is 11.5 Å². The molecule has 33 heavy (non-hydrogen) atoms. The lowest BCUT2D eigenvalue weighted by atomic mass is 10.1. The van der Waals surface area contributed by atoms with Crippen LogP contribution in [0, 0.1) is 12.8 Å². The Bertz CT molecular complexity index is 1080. The minimum Gasteiger partial charge on any atom is -0.490 e. The third kappa shape index (κ3) is 7.16. The van der Waals surface area contributed by atoms with Gasteiger partial charge >= 0.3 is 0 Å². The van der Waals surface area contributed by atoms with Gasteiger partial charge in [0.1, 0.15) is 6.61 Å². The van der Waals surface area contributed by atoms with Crippen molar-refractivity contribution in [2.45, 2.75) is 40.8 Å². The van der Waals surface area contributed by atoms with E-state index in [-0.39, 0.29) is 11.8 Å². The van der Waals surface area contributed by atoms with Crippen molar-refractivity contribution in [3.63, 3.8) is 0 Å². The van der Waals surface area contributed by atoms with Gasteiger partial charge in [-0.3, -0.25) is 4.79 Å². The molecule has 0 atom stereocenters. The minimum atomic E-state index is -0.0618. The van der Waals surface area contributed by atoms with Crippen LogP contribution in [0.25, 0.3) is 0 Å². The number of nitrogens with one attached hydrogen (secondary N) is 2. The van der Waals surface area contributed by atoms with Gasteiger partial charge in [0.2, 0.25) is 5.91 Å². The van der Waals surface area contributed by atoms with Crippen molar-refractivity contribution < 1.29 is 14.3 Å². The van der Waals surface area contributed by atoms with E-state index >= 15 is 0 Å². The normalized spacial score (nSPS) is 10.7. The van der Waals surface area contributed by atoms with Gasteiger partial charge in [-0.25, -0.2) is 0 Å². The summed E-state index contributed by atoms with van der Waals surface area (Å²) in [6, 6.07) is 19.5. The quantitative estimate of drug-likeness (QED) is 0.343. The van der Waals surface area contributed by atoms with Crippen LogP contribution in [-0.4, -0.2) is 12.5 Å². The number of benzene rings is 3. The number of carbonyl (C=O) groups excluding carboxylic acids is 1. The molecular formula is C27H31ClN2O3. The molecule has 0 unspecified atom stereocenters. The van der Waals surface area contributed by atoms with Gasteiger partial charge in [-0.2, -0.15) is 0 Å². The average molecular weight is 467 g/mol. The van der Waals surface area contributed by atoms with Gasteiger partial charge in [-0.1, -0.05) is 55.3 Å². The number of carbonyl (C=O) groups is 1. The predicted octanol–water partition coefficient (Wildman–Crippen LogP) is 6.83. The van der Waals surface area contributed by atoms with Crippen LogP contribution in [0.3, 0.4) is 0 Å². The van der Waals surface area contributed by atoms with Crippen molar-refractivity contribution in [1.29, 1.82) is 0 Å². The van der Waals surface area contributed by atoms with Crippen LogP contribution >= 0.6 is 11.6 Å². The number of amides is 1. The molecule has 0 spiro atoms. The molecule has 6 heteroatoms. The maximum atomic E-state index is 11.8.